The zero-order valence-electron chi connectivity index (χ0n) is 14.2. The minimum atomic E-state index is 0. The Hall–Kier alpha value is -0.0800. The van der Waals surface area contributed by atoms with E-state index in [9.17, 15) is 0 Å². The van der Waals surface area contributed by atoms with Crippen LogP contribution in [-0.2, 0) is 4.74 Å². The van der Waals surface area contributed by atoms with Crippen molar-refractivity contribution < 1.29 is 4.74 Å². The van der Waals surface area contributed by atoms with E-state index in [1.165, 1.54) is 0 Å². The Balaban J connectivity index is 0.00000400. The molecule has 2 N–H and O–H groups in total. The van der Waals surface area contributed by atoms with Gasteiger partial charge in [0, 0.05) is 44.7 Å². The maximum absolute atomic E-state index is 5.44. The number of halogens is 1. The molecule has 1 aliphatic heterocycles. The van der Waals surface area contributed by atoms with Gasteiger partial charge in [0.25, 0.3) is 0 Å². The summed E-state index contributed by atoms with van der Waals surface area (Å²) in [7, 11) is 2.11. The Morgan fingerprint density at radius 1 is 1.38 bits per heavy atom. The van der Waals surface area contributed by atoms with Gasteiger partial charge in [-0.15, -0.1) is 24.0 Å². The second-order valence-corrected chi connectivity index (χ2v) is 6.52. The third-order valence-electron chi connectivity index (χ3n) is 3.28. The van der Waals surface area contributed by atoms with Gasteiger partial charge in [0.05, 0.1) is 13.2 Å². The van der Waals surface area contributed by atoms with E-state index in [4.69, 9.17) is 4.74 Å². The van der Waals surface area contributed by atoms with Crippen molar-refractivity contribution in [2.75, 3.05) is 46.4 Å². The van der Waals surface area contributed by atoms with E-state index in [0.29, 0.717) is 5.92 Å². The summed E-state index contributed by atoms with van der Waals surface area (Å²) in [6.07, 6.45) is 1.16. The lowest BCUT2D eigenvalue weighted by atomic mass is 10.1. The maximum Gasteiger partial charge on any atom is 0.193 e. The SMILES string of the molecule is CCNC(=NCCNC(C)(C)C)N(C)CC1CCOC1.I. The predicted octanol–water partition coefficient (Wildman–Crippen LogP) is 1.93. The Kier molecular flexibility index (Phi) is 10.6. The molecule has 5 nitrogen and oxygen atoms in total. The Bertz CT molecular complexity index is 299. The molecule has 1 atom stereocenters. The van der Waals surface area contributed by atoms with Crippen molar-refractivity contribution in [3.8, 4) is 0 Å². The number of hydrogen-bond donors (Lipinski definition) is 2. The van der Waals surface area contributed by atoms with Crippen molar-refractivity contribution in [2.45, 2.75) is 39.7 Å². The lowest BCUT2D eigenvalue weighted by molar-refractivity contribution is 0.181. The van der Waals surface area contributed by atoms with Crippen molar-refractivity contribution >= 4 is 29.9 Å². The van der Waals surface area contributed by atoms with Crippen molar-refractivity contribution in [3.63, 3.8) is 0 Å². The standard InChI is InChI=1S/C15H32N4O.HI/c1-6-16-14(17-8-9-18-15(2,3)4)19(5)11-13-7-10-20-12-13;/h13,18H,6-12H2,1-5H3,(H,16,17);1H. The van der Waals surface area contributed by atoms with Gasteiger partial charge in [0.1, 0.15) is 0 Å². The van der Waals surface area contributed by atoms with Gasteiger partial charge < -0.3 is 20.3 Å². The lowest BCUT2D eigenvalue weighted by Gasteiger charge is -2.25. The molecule has 1 rings (SSSR count). The molecule has 21 heavy (non-hydrogen) atoms. The minimum absolute atomic E-state index is 0. The van der Waals surface area contributed by atoms with E-state index in [0.717, 1.165) is 51.8 Å². The average molecular weight is 412 g/mol. The molecule has 1 fully saturated rings. The molecule has 0 aromatic rings. The fourth-order valence-electron chi connectivity index (χ4n) is 2.26. The molecule has 0 aliphatic carbocycles. The van der Waals surface area contributed by atoms with Crippen LogP contribution in [0.2, 0.25) is 0 Å². The summed E-state index contributed by atoms with van der Waals surface area (Å²) in [5.41, 5.74) is 0.154. The van der Waals surface area contributed by atoms with Gasteiger partial charge in [-0.25, -0.2) is 0 Å². The molecule has 6 heteroatoms. The zero-order valence-corrected chi connectivity index (χ0v) is 16.6. The molecule has 0 saturated carbocycles. The van der Waals surface area contributed by atoms with E-state index in [1.54, 1.807) is 0 Å². The summed E-state index contributed by atoms with van der Waals surface area (Å²) < 4.78 is 5.44. The summed E-state index contributed by atoms with van der Waals surface area (Å²) in [5, 5.41) is 6.82. The van der Waals surface area contributed by atoms with Crippen LogP contribution in [0.3, 0.4) is 0 Å². The van der Waals surface area contributed by atoms with E-state index in [2.05, 4.69) is 55.3 Å². The number of aliphatic imine (C=N–C) groups is 1. The first-order valence-electron chi connectivity index (χ1n) is 7.74. The first-order chi connectivity index (χ1) is 9.42. The quantitative estimate of drug-likeness (QED) is 0.303. The number of nitrogens with zero attached hydrogens (tertiary/aromatic N) is 2. The highest BCUT2D eigenvalue weighted by Gasteiger charge is 2.19. The van der Waals surface area contributed by atoms with Crippen LogP contribution in [0, 0.1) is 5.92 Å². The topological polar surface area (TPSA) is 48.9 Å². The Morgan fingerprint density at radius 2 is 2.10 bits per heavy atom. The van der Waals surface area contributed by atoms with E-state index >= 15 is 0 Å². The van der Waals surface area contributed by atoms with Crippen LogP contribution in [0.5, 0.6) is 0 Å². The summed E-state index contributed by atoms with van der Waals surface area (Å²) in [6, 6.07) is 0. The summed E-state index contributed by atoms with van der Waals surface area (Å²) in [4.78, 5) is 6.91. The lowest BCUT2D eigenvalue weighted by Crippen LogP contribution is -2.42. The molecule has 1 saturated heterocycles. The molecule has 0 aromatic carbocycles. The molecule has 0 aromatic heterocycles. The van der Waals surface area contributed by atoms with Crippen LogP contribution >= 0.6 is 24.0 Å². The fraction of sp³-hybridized carbons (Fsp3) is 0.933. The van der Waals surface area contributed by atoms with Gasteiger partial charge in [-0.05, 0) is 34.1 Å². The number of guanidine groups is 1. The summed E-state index contributed by atoms with van der Waals surface area (Å²) in [5.74, 6) is 1.63. The molecule has 126 valence electrons. The molecule has 1 unspecified atom stereocenters. The summed E-state index contributed by atoms with van der Waals surface area (Å²) in [6.45, 7) is 14.0. The van der Waals surface area contributed by atoms with Gasteiger partial charge in [0.2, 0.25) is 0 Å². The Morgan fingerprint density at radius 3 is 2.62 bits per heavy atom. The number of ether oxygens (including phenoxy) is 1. The van der Waals surface area contributed by atoms with Crippen LogP contribution < -0.4 is 10.6 Å². The first-order valence-corrected chi connectivity index (χ1v) is 7.74. The predicted molar refractivity (Wildman–Crippen MR) is 101 cm³/mol. The van der Waals surface area contributed by atoms with Gasteiger partial charge in [-0.1, -0.05) is 0 Å². The monoisotopic (exact) mass is 412 g/mol. The van der Waals surface area contributed by atoms with E-state index in [1.807, 2.05) is 0 Å². The van der Waals surface area contributed by atoms with Crippen LogP contribution in [0.25, 0.3) is 0 Å². The van der Waals surface area contributed by atoms with E-state index in [-0.39, 0.29) is 29.5 Å². The average Bonchev–Trinajstić information content (AvgIpc) is 2.84. The zero-order chi connectivity index (χ0) is 15.0. The van der Waals surface area contributed by atoms with Crippen molar-refractivity contribution in [3.05, 3.63) is 0 Å². The van der Waals surface area contributed by atoms with Crippen LogP contribution in [-0.4, -0.2) is 62.8 Å². The largest absolute Gasteiger partial charge is 0.381 e. The molecule has 0 bridgehead atoms. The van der Waals surface area contributed by atoms with Gasteiger partial charge in [-0.3, -0.25) is 4.99 Å². The van der Waals surface area contributed by atoms with E-state index < -0.39 is 0 Å². The van der Waals surface area contributed by atoms with Crippen molar-refractivity contribution in [2.24, 2.45) is 10.9 Å². The van der Waals surface area contributed by atoms with Crippen molar-refractivity contribution in [1.82, 2.24) is 15.5 Å². The van der Waals surface area contributed by atoms with Gasteiger partial charge in [0.15, 0.2) is 5.96 Å². The number of nitrogens with one attached hydrogen (secondary N) is 2. The number of rotatable bonds is 6. The second kappa shape index (κ2) is 10.6. The third-order valence-corrected chi connectivity index (χ3v) is 3.28. The minimum Gasteiger partial charge on any atom is -0.381 e. The molecule has 0 amide bonds. The van der Waals surface area contributed by atoms with Crippen LogP contribution in [0.4, 0.5) is 0 Å². The molecule has 0 radical (unpaired) electrons. The maximum atomic E-state index is 5.44. The molecule has 1 heterocycles. The smallest absolute Gasteiger partial charge is 0.193 e. The Labute approximate surface area is 147 Å². The highest BCUT2D eigenvalue weighted by Crippen LogP contribution is 2.13. The first kappa shape index (κ1) is 20.9. The van der Waals surface area contributed by atoms with Gasteiger partial charge >= 0.3 is 0 Å². The molecular weight excluding hydrogens is 379 g/mol. The van der Waals surface area contributed by atoms with Gasteiger partial charge in [-0.2, -0.15) is 0 Å². The summed E-state index contributed by atoms with van der Waals surface area (Å²) >= 11 is 0. The molecule has 0 spiro atoms. The third kappa shape index (κ3) is 9.52. The second-order valence-electron chi connectivity index (χ2n) is 6.52. The normalized spacial score (nSPS) is 19.3. The molecule has 1 aliphatic rings. The highest BCUT2D eigenvalue weighted by atomic mass is 127. The van der Waals surface area contributed by atoms with Crippen molar-refractivity contribution in [1.29, 1.82) is 0 Å². The van der Waals surface area contributed by atoms with Crippen LogP contribution in [0.15, 0.2) is 4.99 Å². The number of hydrogen-bond acceptors (Lipinski definition) is 3. The van der Waals surface area contributed by atoms with Crippen LogP contribution in [0.1, 0.15) is 34.1 Å². The highest BCUT2D eigenvalue weighted by molar-refractivity contribution is 14.0. The fourth-order valence-corrected chi connectivity index (χ4v) is 2.26. The molecular formula is C15H33IN4O.